The first kappa shape index (κ1) is 22.1. The molecule has 1 saturated heterocycles. The van der Waals surface area contributed by atoms with E-state index in [0.717, 1.165) is 0 Å². The monoisotopic (exact) mass is 390 g/mol. The Kier molecular flexibility index (Phi) is 9.07. The van der Waals surface area contributed by atoms with Gasteiger partial charge in [0.05, 0.1) is 18.9 Å². The van der Waals surface area contributed by atoms with Crippen LogP contribution in [0.4, 0.5) is 13.2 Å². The average Bonchev–Trinajstić information content (AvgIpc) is 2.53. The van der Waals surface area contributed by atoms with E-state index >= 15 is 0 Å². The number of rotatable bonds is 10. The van der Waals surface area contributed by atoms with Crippen molar-refractivity contribution in [2.24, 2.45) is 0 Å². The van der Waals surface area contributed by atoms with E-state index in [4.69, 9.17) is 4.74 Å². The van der Waals surface area contributed by atoms with Gasteiger partial charge in [-0.1, -0.05) is 0 Å². The molecule has 1 fully saturated rings. The number of nitrogens with zero attached hydrogens (tertiary/aromatic N) is 1. The van der Waals surface area contributed by atoms with Gasteiger partial charge in [-0.3, -0.25) is 9.69 Å². The minimum absolute atomic E-state index is 0.0212. The number of halogens is 3. The van der Waals surface area contributed by atoms with E-state index in [9.17, 15) is 26.4 Å². The van der Waals surface area contributed by atoms with Crippen LogP contribution in [0.1, 0.15) is 6.92 Å². The fourth-order valence-electron chi connectivity index (χ4n) is 2.28. The molecule has 12 heteroatoms. The SMILES string of the molecule is CCOCCS(=O)(=O)NCC(=O)NCC(N1CCNCC1)C(F)(F)F. The second-order valence-electron chi connectivity index (χ2n) is 5.48. The van der Waals surface area contributed by atoms with Crippen LogP contribution in [0.25, 0.3) is 0 Å². The molecule has 1 unspecified atom stereocenters. The largest absolute Gasteiger partial charge is 0.405 e. The lowest BCUT2D eigenvalue weighted by atomic mass is 10.2. The Labute approximate surface area is 145 Å². The lowest BCUT2D eigenvalue weighted by molar-refractivity contribution is -0.184. The highest BCUT2D eigenvalue weighted by molar-refractivity contribution is 7.89. The van der Waals surface area contributed by atoms with E-state index in [0.29, 0.717) is 19.7 Å². The van der Waals surface area contributed by atoms with Crippen molar-refractivity contribution in [2.45, 2.75) is 19.1 Å². The van der Waals surface area contributed by atoms with Crippen molar-refractivity contribution in [1.29, 1.82) is 0 Å². The Morgan fingerprint density at radius 2 is 1.96 bits per heavy atom. The molecule has 1 amide bonds. The number of sulfonamides is 1. The normalized spacial score (nSPS) is 18.1. The van der Waals surface area contributed by atoms with Gasteiger partial charge in [-0.2, -0.15) is 13.2 Å². The second-order valence-corrected chi connectivity index (χ2v) is 7.41. The van der Waals surface area contributed by atoms with Crippen molar-refractivity contribution in [3.8, 4) is 0 Å². The predicted molar refractivity (Wildman–Crippen MR) is 85.6 cm³/mol. The molecule has 1 aliphatic heterocycles. The van der Waals surface area contributed by atoms with E-state index in [1.807, 2.05) is 4.72 Å². The summed E-state index contributed by atoms with van der Waals surface area (Å²) in [5.41, 5.74) is 0. The number of hydrogen-bond acceptors (Lipinski definition) is 6. The molecule has 8 nitrogen and oxygen atoms in total. The van der Waals surface area contributed by atoms with Crippen LogP contribution in [-0.2, 0) is 19.6 Å². The smallest absolute Gasteiger partial charge is 0.381 e. The van der Waals surface area contributed by atoms with Gasteiger partial charge < -0.3 is 15.4 Å². The van der Waals surface area contributed by atoms with Gasteiger partial charge in [0.15, 0.2) is 0 Å². The summed E-state index contributed by atoms with van der Waals surface area (Å²) in [6.07, 6.45) is -4.48. The number of alkyl halides is 3. The van der Waals surface area contributed by atoms with Crippen LogP contribution in [0, 0.1) is 0 Å². The number of carbonyl (C=O) groups is 1. The highest BCUT2D eigenvalue weighted by atomic mass is 32.2. The van der Waals surface area contributed by atoms with E-state index in [1.165, 1.54) is 4.90 Å². The fourth-order valence-corrected chi connectivity index (χ4v) is 3.11. The molecule has 0 saturated carbocycles. The Hall–Kier alpha value is -0.950. The first-order chi connectivity index (χ1) is 11.7. The number of carbonyl (C=O) groups excluding carboxylic acids is 1. The predicted octanol–water partition coefficient (Wildman–Crippen LogP) is -1.11. The summed E-state index contributed by atoms with van der Waals surface area (Å²) in [5.74, 6) is -1.13. The van der Waals surface area contributed by atoms with Gasteiger partial charge in [-0.25, -0.2) is 13.1 Å². The zero-order chi connectivity index (χ0) is 18.9. The highest BCUT2D eigenvalue weighted by Crippen LogP contribution is 2.24. The number of ether oxygens (including phenoxy) is 1. The highest BCUT2D eigenvalue weighted by Gasteiger charge is 2.43. The van der Waals surface area contributed by atoms with Gasteiger partial charge in [-0.15, -0.1) is 0 Å². The fraction of sp³-hybridized carbons (Fsp3) is 0.923. The van der Waals surface area contributed by atoms with Crippen LogP contribution in [0.2, 0.25) is 0 Å². The lowest BCUT2D eigenvalue weighted by Crippen LogP contribution is -2.58. The van der Waals surface area contributed by atoms with Gasteiger partial charge in [-0.05, 0) is 6.92 Å². The standard InChI is InChI=1S/C13H25F3N4O4S/c1-2-24-7-8-25(22,23)19-10-12(21)18-9-11(13(14,15)16)20-5-3-17-4-6-20/h11,17,19H,2-10H2,1H3,(H,18,21). The van der Waals surface area contributed by atoms with E-state index in [1.54, 1.807) is 6.92 Å². The molecule has 3 N–H and O–H groups in total. The zero-order valence-electron chi connectivity index (χ0n) is 14.1. The maximum absolute atomic E-state index is 13.2. The molecule has 1 aliphatic rings. The van der Waals surface area contributed by atoms with Gasteiger partial charge in [0.1, 0.15) is 6.04 Å². The van der Waals surface area contributed by atoms with Crippen molar-refractivity contribution >= 4 is 15.9 Å². The van der Waals surface area contributed by atoms with Crippen molar-refractivity contribution in [3.63, 3.8) is 0 Å². The van der Waals surface area contributed by atoms with Crippen LogP contribution >= 0.6 is 0 Å². The van der Waals surface area contributed by atoms with Gasteiger partial charge in [0.25, 0.3) is 0 Å². The third-order valence-electron chi connectivity index (χ3n) is 3.62. The van der Waals surface area contributed by atoms with Crippen molar-refractivity contribution in [3.05, 3.63) is 0 Å². The van der Waals surface area contributed by atoms with E-state index in [-0.39, 0.29) is 25.4 Å². The first-order valence-electron chi connectivity index (χ1n) is 7.99. The molecule has 1 heterocycles. The van der Waals surface area contributed by atoms with Crippen LogP contribution in [0.3, 0.4) is 0 Å². The molecular weight excluding hydrogens is 365 g/mol. The molecular formula is C13H25F3N4O4S. The maximum atomic E-state index is 13.2. The van der Waals surface area contributed by atoms with Crippen LogP contribution in [-0.4, -0.2) is 89.7 Å². The average molecular weight is 390 g/mol. The van der Waals surface area contributed by atoms with Crippen molar-refractivity contribution in [1.82, 2.24) is 20.3 Å². The number of nitrogens with one attached hydrogen (secondary N) is 3. The molecule has 1 atom stereocenters. The minimum atomic E-state index is -4.48. The molecule has 25 heavy (non-hydrogen) atoms. The number of amides is 1. The molecule has 0 spiro atoms. The summed E-state index contributed by atoms with van der Waals surface area (Å²) in [4.78, 5) is 12.9. The molecule has 0 aromatic carbocycles. The quantitative estimate of drug-likeness (QED) is 0.410. The van der Waals surface area contributed by atoms with Gasteiger partial charge in [0.2, 0.25) is 15.9 Å². The Morgan fingerprint density at radius 3 is 2.52 bits per heavy atom. The van der Waals surface area contributed by atoms with Gasteiger partial charge in [0, 0.05) is 39.3 Å². The van der Waals surface area contributed by atoms with Crippen LogP contribution < -0.4 is 15.4 Å². The van der Waals surface area contributed by atoms with Crippen LogP contribution in [0.5, 0.6) is 0 Å². The first-order valence-corrected chi connectivity index (χ1v) is 9.64. The molecule has 0 bridgehead atoms. The molecule has 0 aromatic rings. The summed E-state index contributed by atoms with van der Waals surface area (Å²) in [6, 6.07) is -1.80. The van der Waals surface area contributed by atoms with Crippen LogP contribution in [0.15, 0.2) is 0 Å². The summed E-state index contributed by atoms with van der Waals surface area (Å²) in [7, 11) is -3.71. The van der Waals surface area contributed by atoms with Crippen molar-refractivity contribution < 1.29 is 31.1 Å². The summed E-state index contributed by atoms with van der Waals surface area (Å²) in [6.45, 7) is 2.16. The Bertz CT molecular complexity index is 510. The summed E-state index contributed by atoms with van der Waals surface area (Å²) >= 11 is 0. The molecule has 1 rings (SSSR count). The Morgan fingerprint density at radius 1 is 1.32 bits per heavy atom. The molecule has 148 valence electrons. The lowest BCUT2D eigenvalue weighted by Gasteiger charge is -2.35. The topological polar surface area (TPSA) is 99.8 Å². The second kappa shape index (κ2) is 10.3. The number of hydrogen-bond donors (Lipinski definition) is 3. The number of piperazine rings is 1. The summed E-state index contributed by atoms with van der Waals surface area (Å²) in [5, 5.41) is 5.11. The Balaban J connectivity index is 2.44. The third-order valence-corrected chi connectivity index (χ3v) is 4.90. The zero-order valence-corrected chi connectivity index (χ0v) is 14.9. The summed E-state index contributed by atoms with van der Waals surface area (Å²) < 4.78 is 69.6. The van der Waals surface area contributed by atoms with Crippen molar-refractivity contribution in [2.75, 3.05) is 58.2 Å². The third kappa shape index (κ3) is 8.81. The molecule has 0 aliphatic carbocycles. The molecule has 0 radical (unpaired) electrons. The van der Waals surface area contributed by atoms with E-state index < -0.39 is 41.2 Å². The van der Waals surface area contributed by atoms with Gasteiger partial charge >= 0.3 is 6.18 Å². The van der Waals surface area contributed by atoms with E-state index in [2.05, 4.69) is 10.6 Å². The molecule has 0 aromatic heterocycles. The maximum Gasteiger partial charge on any atom is 0.405 e. The minimum Gasteiger partial charge on any atom is -0.381 e.